The Morgan fingerprint density at radius 2 is 1.91 bits per heavy atom. The van der Waals surface area contributed by atoms with Crippen LogP contribution in [0.1, 0.15) is 48.2 Å². The van der Waals surface area contributed by atoms with E-state index in [4.69, 9.17) is 4.74 Å². The Labute approximate surface area is 199 Å². The van der Waals surface area contributed by atoms with Gasteiger partial charge in [0.25, 0.3) is 5.56 Å². The van der Waals surface area contributed by atoms with Crippen molar-refractivity contribution in [3.05, 3.63) is 93.7 Å². The van der Waals surface area contributed by atoms with Crippen molar-refractivity contribution in [1.29, 1.82) is 0 Å². The number of hydrogen-bond acceptors (Lipinski definition) is 6. The van der Waals surface area contributed by atoms with Crippen LogP contribution in [0.2, 0.25) is 0 Å². The number of rotatable bonds is 7. The maximum atomic E-state index is 13.8. The van der Waals surface area contributed by atoms with Gasteiger partial charge >= 0.3 is 5.97 Å². The summed E-state index contributed by atoms with van der Waals surface area (Å²) in [5.41, 5.74) is 2.66. The van der Waals surface area contributed by atoms with Gasteiger partial charge in [-0.25, -0.2) is 0 Å². The fourth-order valence-corrected chi connectivity index (χ4v) is 4.74. The summed E-state index contributed by atoms with van der Waals surface area (Å²) < 4.78 is 6.92. The molecule has 1 N–H and O–H groups in total. The average Bonchev–Trinajstić information content (AvgIpc) is 2.86. The highest BCUT2D eigenvalue weighted by atomic mass is 16.5. The normalized spacial score (nSPS) is 15.7. The summed E-state index contributed by atoms with van der Waals surface area (Å²) in [6.07, 6.45) is 4.71. The Bertz CT molecular complexity index is 1170. The zero-order valence-electron chi connectivity index (χ0n) is 19.7. The Balaban J connectivity index is 1.72. The molecule has 0 radical (unpaired) electrons. The van der Waals surface area contributed by atoms with Gasteiger partial charge in [0.15, 0.2) is 0 Å². The second kappa shape index (κ2) is 10.7. The molecule has 1 unspecified atom stereocenters. The fourth-order valence-electron chi connectivity index (χ4n) is 4.74. The third-order valence-electron chi connectivity index (χ3n) is 6.49. The van der Waals surface area contributed by atoms with E-state index in [9.17, 15) is 14.7 Å². The monoisotopic (exact) mass is 461 g/mol. The molecule has 0 amide bonds. The summed E-state index contributed by atoms with van der Waals surface area (Å²) >= 11 is 0. The highest BCUT2D eigenvalue weighted by Gasteiger charge is 2.34. The highest BCUT2D eigenvalue weighted by molar-refractivity contribution is 5.72. The summed E-state index contributed by atoms with van der Waals surface area (Å²) in [7, 11) is 0. The molecule has 3 heterocycles. The van der Waals surface area contributed by atoms with Gasteiger partial charge in [-0.15, -0.1) is 0 Å². The average molecular weight is 462 g/mol. The maximum Gasteiger partial charge on any atom is 0.309 e. The second-order valence-electron chi connectivity index (χ2n) is 8.71. The molecule has 1 aliphatic rings. The predicted molar refractivity (Wildman–Crippen MR) is 130 cm³/mol. The standard InChI is InChI=1S/C27H31N3O4/c1-3-34-27(33)21-11-14-29(15-12-21)25(22-10-7-13-28-17-22)24-23(31)16-19(2)30(26(24)32)18-20-8-5-4-6-9-20/h4-10,13,16-17,21,25,31H,3,11-12,14-15,18H2,1-2H3. The minimum absolute atomic E-state index is 0.0202. The summed E-state index contributed by atoms with van der Waals surface area (Å²) in [6.45, 7) is 5.64. The van der Waals surface area contributed by atoms with Crippen LogP contribution in [0.15, 0.2) is 65.7 Å². The fraction of sp³-hybridized carbons (Fsp3) is 0.370. The summed E-state index contributed by atoms with van der Waals surface area (Å²) in [5.74, 6) is -0.330. The molecule has 4 rings (SSSR count). The highest BCUT2D eigenvalue weighted by Crippen LogP contribution is 2.35. The molecule has 1 aromatic carbocycles. The first-order valence-corrected chi connectivity index (χ1v) is 11.8. The summed E-state index contributed by atoms with van der Waals surface area (Å²) in [5, 5.41) is 11.0. The lowest BCUT2D eigenvalue weighted by molar-refractivity contribution is -0.149. The van der Waals surface area contributed by atoms with Gasteiger partial charge < -0.3 is 14.4 Å². The van der Waals surface area contributed by atoms with Gasteiger partial charge in [0.05, 0.1) is 30.7 Å². The number of aromatic hydroxyl groups is 1. The van der Waals surface area contributed by atoms with Crippen molar-refractivity contribution in [1.82, 2.24) is 14.5 Å². The zero-order chi connectivity index (χ0) is 24.1. The van der Waals surface area contributed by atoms with Gasteiger partial charge in [0.2, 0.25) is 0 Å². The number of carbonyl (C=O) groups excluding carboxylic acids is 1. The van der Waals surface area contributed by atoms with E-state index in [0.29, 0.717) is 50.3 Å². The van der Waals surface area contributed by atoms with Crippen molar-refractivity contribution in [2.45, 2.75) is 39.3 Å². The smallest absolute Gasteiger partial charge is 0.309 e. The van der Waals surface area contributed by atoms with Gasteiger partial charge in [-0.2, -0.15) is 0 Å². The zero-order valence-corrected chi connectivity index (χ0v) is 19.7. The van der Waals surface area contributed by atoms with Gasteiger partial charge in [-0.05, 0) is 63.0 Å². The van der Waals surface area contributed by atoms with Crippen LogP contribution in [0.25, 0.3) is 0 Å². The summed E-state index contributed by atoms with van der Waals surface area (Å²) in [6, 6.07) is 14.8. The van der Waals surface area contributed by atoms with Crippen LogP contribution in [-0.4, -0.2) is 45.2 Å². The molecule has 3 aromatic rings. The maximum absolute atomic E-state index is 13.8. The molecule has 1 aliphatic heterocycles. The van der Waals surface area contributed by atoms with Crippen molar-refractivity contribution < 1.29 is 14.6 Å². The number of nitrogens with zero attached hydrogens (tertiary/aromatic N) is 3. The van der Waals surface area contributed by atoms with Crippen LogP contribution < -0.4 is 5.56 Å². The van der Waals surface area contributed by atoms with Gasteiger partial charge in [0.1, 0.15) is 5.75 Å². The van der Waals surface area contributed by atoms with Crippen LogP contribution in [-0.2, 0) is 16.1 Å². The molecular formula is C27H31N3O4. The Kier molecular flexibility index (Phi) is 7.43. The number of hydrogen-bond donors (Lipinski definition) is 1. The molecular weight excluding hydrogens is 430 g/mol. The van der Waals surface area contributed by atoms with Crippen molar-refractivity contribution in [3.63, 3.8) is 0 Å². The van der Waals surface area contributed by atoms with Crippen LogP contribution >= 0.6 is 0 Å². The molecule has 7 nitrogen and oxygen atoms in total. The SMILES string of the molecule is CCOC(=O)C1CCN(C(c2cccnc2)c2c(O)cc(C)n(Cc3ccccc3)c2=O)CC1. The minimum Gasteiger partial charge on any atom is -0.507 e. The van der Waals surface area contributed by atoms with Gasteiger partial charge in [0, 0.05) is 18.1 Å². The lowest BCUT2D eigenvalue weighted by Gasteiger charge is -2.37. The Morgan fingerprint density at radius 1 is 1.18 bits per heavy atom. The van der Waals surface area contributed by atoms with Crippen LogP contribution in [0.5, 0.6) is 5.75 Å². The molecule has 0 bridgehead atoms. The molecule has 0 spiro atoms. The van der Waals surface area contributed by atoms with Crippen LogP contribution in [0.3, 0.4) is 0 Å². The number of aryl methyl sites for hydroxylation is 1. The first-order valence-electron chi connectivity index (χ1n) is 11.8. The van der Waals surface area contributed by atoms with Crippen molar-refractivity contribution in [2.24, 2.45) is 5.92 Å². The van der Waals surface area contributed by atoms with E-state index in [1.54, 1.807) is 23.0 Å². The number of piperidine rings is 1. The van der Waals surface area contributed by atoms with Gasteiger partial charge in [-0.1, -0.05) is 36.4 Å². The number of likely N-dealkylation sites (tertiary alicyclic amines) is 1. The molecule has 1 atom stereocenters. The third-order valence-corrected chi connectivity index (χ3v) is 6.49. The Hall–Kier alpha value is -3.45. The van der Waals surface area contributed by atoms with E-state index in [0.717, 1.165) is 11.1 Å². The van der Waals surface area contributed by atoms with E-state index >= 15 is 0 Å². The molecule has 2 aromatic heterocycles. The topological polar surface area (TPSA) is 84.7 Å². The molecule has 1 saturated heterocycles. The third kappa shape index (κ3) is 5.04. The largest absolute Gasteiger partial charge is 0.507 e. The first-order chi connectivity index (χ1) is 16.5. The van der Waals surface area contributed by atoms with E-state index in [1.807, 2.05) is 56.3 Å². The van der Waals surface area contributed by atoms with E-state index in [-0.39, 0.29) is 23.2 Å². The molecule has 178 valence electrons. The number of carbonyl (C=O) groups is 1. The van der Waals surface area contributed by atoms with Gasteiger partial charge in [-0.3, -0.25) is 19.5 Å². The summed E-state index contributed by atoms with van der Waals surface area (Å²) in [4.78, 5) is 32.5. The molecule has 1 fully saturated rings. The lowest BCUT2D eigenvalue weighted by Crippen LogP contribution is -2.42. The van der Waals surface area contributed by atoms with Crippen LogP contribution in [0, 0.1) is 12.8 Å². The number of esters is 1. The first kappa shape index (κ1) is 23.7. The van der Waals surface area contributed by atoms with Crippen molar-refractivity contribution >= 4 is 5.97 Å². The molecule has 34 heavy (non-hydrogen) atoms. The molecule has 0 saturated carbocycles. The Morgan fingerprint density at radius 3 is 2.56 bits per heavy atom. The number of aromatic nitrogens is 2. The second-order valence-corrected chi connectivity index (χ2v) is 8.71. The quantitative estimate of drug-likeness (QED) is 0.541. The van der Waals surface area contributed by atoms with E-state index < -0.39 is 6.04 Å². The van der Waals surface area contributed by atoms with Crippen LogP contribution in [0.4, 0.5) is 0 Å². The van der Waals surface area contributed by atoms with Crippen molar-refractivity contribution in [2.75, 3.05) is 19.7 Å². The van der Waals surface area contributed by atoms with E-state index in [1.165, 1.54) is 0 Å². The van der Waals surface area contributed by atoms with Crippen molar-refractivity contribution in [3.8, 4) is 5.75 Å². The molecule has 0 aliphatic carbocycles. The number of ether oxygens (including phenoxy) is 1. The number of pyridine rings is 2. The number of benzene rings is 1. The minimum atomic E-state index is -0.466. The van der Waals surface area contributed by atoms with E-state index in [2.05, 4.69) is 9.88 Å². The lowest BCUT2D eigenvalue weighted by atomic mass is 9.91. The molecule has 7 heteroatoms. The predicted octanol–water partition coefficient (Wildman–Crippen LogP) is 3.67.